The van der Waals surface area contributed by atoms with Gasteiger partial charge in [-0.3, -0.25) is 4.79 Å². The Bertz CT molecular complexity index is 382. The molecule has 0 spiro atoms. The van der Waals surface area contributed by atoms with Gasteiger partial charge in [-0.2, -0.15) is 0 Å². The lowest BCUT2D eigenvalue weighted by Gasteiger charge is -2.06. The summed E-state index contributed by atoms with van der Waals surface area (Å²) in [5.74, 6) is 0.202. The van der Waals surface area contributed by atoms with E-state index in [-0.39, 0.29) is 12.6 Å². The average Bonchev–Trinajstić information content (AvgIpc) is 2.37. The van der Waals surface area contributed by atoms with Crippen LogP contribution in [0.2, 0.25) is 0 Å². The van der Waals surface area contributed by atoms with Crippen LogP contribution in [0.4, 0.5) is 0 Å². The molecule has 0 aliphatic carbocycles. The van der Waals surface area contributed by atoms with Crippen LogP contribution in [0.25, 0.3) is 0 Å². The molecule has 5 nitrogen and oxygen atoms in total. The highest BCUT2D eigenvalue weighted by atomic mass is 16.6. The molecule has 0 fully saturated rings. The summed E-state index contributed by atoms with van der Waals surface area (Å²) in [5.41, 5.74) is 0. The molecule has 0 atom stereocenters. The second-order valence-corrected chi connectivity index (χ2v) is 3.16. The summed E-state index contributed by atoms with van der Waals surface area (Å²) in [6.07, 6.45) is 0.320. The summed E-state index contributed by atoms with van der Waals surface area (Å²) in [6.45, 7) is 1.57. The van der Waals surface area contributed by atoms with Crippen LogP contribution in [0, 0.1) is 0 Å². The van der Waals surface area contributed by atoms with E-state index in [4.69, 9.17) is 9.47 Å². The van der Waals surface area contributed by atoms with Crippen molar-refractivity contribution in [1.29, 1.82) is 0 Å². The van der Waals surface area contributed by atoms with E-state index in [0.717, 1.165) is 0 Å². The van der Waals surface area contributed by atoms with Gasteiger partial charge >= 0.3 is 11.9 Å². The van der Waals surface area contributed by atoms with E-state index in [9.17, 15) is 9.59 Å². The van der Waals surface area contributed by atoms with Crippen molar-refractivity contribution in [2.24, 2.45) is 0 Å². The van der Waals surface area contributed by atoms with Gasteiger partial charge in [0.15, 0.2) is 6.61 Å². The minimum atomic E-state index is -0.452. The SMILES string of the molecule is CCC(=O)Oc1ccc(OCC(=O)OC)cc1. The van der Waals surface area contributed by atoms with Gasteiger partial charge in [-0.05, 0) is 24.3 Å². The van der Waals surface area contributed by atoms with Crippen molar-refractivity contribution in [2.75, 3.05) is 13.7 Å². The first-order chi connectivity index (χ1) is 8.15. The van der Waals surface area contributed by atoms with Crippen molar-refractivity contribution in [3.05, 3.63) is 24.3 Å². The van der Waals surface area contributed by atoms with Gasteiger partial charge in [-0.25, -0.2) is 4.79 Å². The van der Waals surface area contributed by atoms with Crippen LogP contribution in [0.3, 0.4) is 0 Å². The Morgan fingerprint density at radius 2 is 1.65 bits per heavy atom. The summed E-state index contributed by atoms with van der Waals surface area (Å²) >= 11 is 0. The van der Waals surface area contributed by atoms with Gasteiger partial charge in [0, 0.05) is 6.42 Å². The predicted molar refractivity (Wildman–Crippen MR) is 59.9 cm³/mol. The fraction of sp³-hybridized carbons (Fsp3) is 0.333. The zero-order valence-corrected chi connectivity index (χ0v) is 9.76. The van der Waals surface area contributed by atoms with Crippen molar-refractivity contribution in [1.82, 2.24) is 0 Å². The largest absolute Gasteiger partial charge is 0.482 e. The minimum absolute atomic E-state index is 0.148. The Morgan fingerprint density at radius 3 is 2.18 bits per heavy atom. The van der Waals surface area contributed by atoms with Crippen LogP contribution in [0.15, 0.2) is 24.3 Å². The van der Waals surface area contributed by atoms with E-state index >= 15 is 0 Å². The summed E-state index contributed by atoms with van der Waals surface area (Å²) < 4.78 is 14.5. The molecule has 0 bridgehead atoms. The first-order valence-corrected chi connectivity index (χ1v) is 5.16. The Labute approximate surface area is 99.3 Å². The van der Waals surface area contributed by atoms with Gasteiger partial charge in [-0.15, -0.1) is 0 Å². The van der Waals surface area contributed by atoms with E-state index in [0.29, 0.717) is 17.9 Å². The van der Waals surface area contributed by atoms with E-state index < -0.39 is 5.97 Å². The van der Waals surface area contributed by atoms with E-state index in [1.807, 2.05) is 0 Å². The lowest BCUT2D eigenvalue weighted by Crippen LogP contribution is -2.12. The first kappa shape index (κ1) is 13.0. The van der Waals surface area contributed by atoms with Crippen LogP contribution in [0.1, 0.15) is 13.3 Å². The van der Waals surface area contributed by atoms with Gasteiger partial charge < -0.3 is 14.2 Å². The highest BCUT2D eigenvalue weighted by Crippen LogP contribution is 2.17. The number of carbonyl (C=O) groups is 2. The molecule has 1 rings (SSSR count). The Kier molecular flexibility index (Phi) is 5.00. The summed E-state index contributed by atoms with van der Waals surface area (Å²) in [6, 6.07) is 6.42. The summed E-state index contributed by atoms with van der Waals surface area (Å²) in [7, 11) is 1.29. The van der Waals surface area contributed by atoms with Gasteiger partial charge in [0.25, 0.3) is 0 Å². The smallest absolute Gasteiger partial charge is 0.343 e. The highest BCUT2D eigenvalue weighted by molar-refractivity contribution is 5.72. The average molecular weight is 238 g/mol. The fourth-order valence-electron chi connectivity index (χ4n) is 1.01. The molecule has 0 radical (unpaired) electrons. The third kappa shape index (κ3) is 4.55. The molecule has 0 unspecified atom stereocenters. The second kappa shape index (κ2) is 6.52. The first-order valence-electron chi connectivity index (χ1n) is 5.16. The number of hydrogen-bond acceptors (Lipinski definition) is 5. The van der Waals surface area contributed by atoms with Crippen LogP contribution in [-0.2, 0) is 14.3 Å². The van der Waals surface area contributed by atoms with Gasteiger partial charge in [0.1, 0.15) is 11.5 Å². The fourth-order valence-corrected chi connectivity index (χ4v) is 1.01. The number of ether oxygens (including phenoxy) is 3. The summed E-state index contributed by atoms with van der Waals surface area (Å²) in [4.78, 5) is 21.8. The van der Waals surface area contributed by atoms with Crippen LogP contribution < -0.4 is 9.47 Å². The van der Waals surface area contributed by atoms with Gasteiger partial charge in [0.05, 0.1) is 7.11 Å². The normalized spacial score (nSPS) is 9.53. The number of rotatable bonds is 5. The monoisotopic (exact) mass is 238 g/mol. The van der Waals surface area contributed by atoms with Crippen LogP contribution >= 0.6 is 0 Å². The molecule has 1 aromatic carbocycles. The van der Waals surface area contributed by atoms with Crippen molar-refractivity contribution in [2.45, 2.75) is 13.3 Å². The van der Waals surface area contributed by atoms with Crippen LogP contribution in [0.5, 0.6) is 11.5 Å². The molecular weight excluding hydrogens is 224 g/mol. The number of carbonyl (C=O) groups excluding carboxylic acids is 2. The molecule has 0 aliphatic rings. The Morgan fingerprint density at radius 1 is 1.06 bits per heavy atom. The standard InChI is InChI=1S/C12H14O5/c1-3-11(13)17-10-6-4-9(5-7-10)16-8-12(14)15-2/h4-7H,3,8H2,1-2H3. The van der Waals surface area contributed by atoms with E-state index in [1.165, 1.54) is 7.11 Å². The molecule has 0 aromatic heterocycles. The maximum absolute atomic E-state index is 11.0. The Balaban J connectivity index is 2.50. The highest BCUT2D eigenvalue weighted by Gasteiger charge is 2.03. The van der Waals surface area contributed by atoms with Crippen molar-refractivity contribution in [3.8, 4) is 11.5 Å². The molecule has 0 amide bonds. The zero-order chi connectivity index (χ0) is 12.7. The molecule has 0 aliphatic heterocycles. The molecule has 0 N–H and O–H groups in total. The molecule has 92 valence electrons. The molecule has 0 saturated heterocycles. The van der Waals surface area contributed by atoms with E-state index in [1.54, 1.807) is 31.2 Å². The third-order valence-corrected chi connectivity index (χ3v) is 1.93. The molecule has 1 aromatic rings. The van der Waals surface area contributed by atoms with Crippen molar-refractivity contribution in [3.63, 3.8) is 0 Å². The summed E-state index contributed by atoms with van der Waals surface area (Å²) in [5, 5.41) is 0. The van der Waals surface area contributed by atoms with Crippen molar-refractivity contribution >= 4 is 11.9 Å². The molecule has 17 heavy (non-hydrogen) atoms. The lowest BCUT2D eigenvalue weighted by molar-refractivity contribution is -0.143. The van der Waals surface area contributed by atoms with E-state index in [2.05, 4.69) is 4.74 Å². The molecule has 5 heteroatoms. The lowest BCUT2D eigenvalue weighted by atomic mass is 10.3. The molecule has 0 heterocycles. The maximum atomic E-state index is 11.0. The number of methoxy groups -OCH3 is 1. The Hall–Kier alpha value is -2.04. The molecular formula is C12H14O5. The molecule has 0 saturated carbocycles. The quantitative estimate of drug-likeness (QED) is 0.575. The third-order valence-electron chi connectivity index (χ3n) is 1.93. The number of hydrogen-bond donors (Lipinski definition) is 0. The number of esters is 2. The van der Waals surface area contributed by atoms with Crippen molar-refractivity contribution < 1.29 is 23.8 Å². The number of benzene rings is 1. The predicted octanol–water partition coefficient (Wildman–Crippen LogP) is 1.55. The maximum Gasteiger partial charge on any atom is 0.343 e. The zero-order valence-electron chi connectivity index (χ0n) is 9.76. The topological polar surface area (TPSA) is 61.8 Å². The van der Waals surface area contributed by atoms with Gasteiger partial charge in [-0.1, -0.05) is 6.92 Å². The minimum Gasteiger partial charge on any atom is -0.482 e. The van der Waals surface area contributed by atoms with Gasteiger partial charge in [0.2, 0.25) is 0 Å². The van der Waals surface area contributed by atoms with Crippen LogP contribution in [-0.4, -0.2) is 25.7 Å². The second-order valence-electron chi connectivity index (χ2n) is 3.16.